The molecule has 2 aliphatic carbocycles. The van der Waals surface area contributed by atoms with Gasteiger partial charge in [0.1, 0.15) is 17.2 Å². The number of hydrogen-bond acceptors (Lipinski definition) is 3. The highest BCUT2D eigenvalue weighted by atomic mass is 16.4. The fourth-order valence-corrected chi connectivity index (χ4v) is 3.04. The summed E-state index contributed by atoms with van der Waals surface area (Å²) < 4.78 is 1.89. The van der Waals surface area contributed by atoms with E-state index in [2.05, 4.69) is 22.3 Å². The zero-order valence-corrected chi connectivity index (χ0v) is 10.5. The highest BCUT2D eigenvalue weighted by Crippen LogP contribution is 2.43. The van der Waals surface area contributed by atoms with Crippen LogP contribution in [0.1, 0.15) is 49.7 Å². The molecule has 1 aromatic heterocycles. The lowest BCUT2D eigenvalue weighted by Gasteiger charge is -2.40. The summed E-state index contributed by atoms with van der Waals surface area (Å²) in [7, 11) is 0. The second-order valence-electron chi connectivity index (χ2n) is 5.27. The van der Waals surface area contributed by atoms with Crippen LogP contribution in [0.2, 0.25) is 0 Å². The number of carbonyl (C=O) groups is 1. The predicted octanol–water partition coefficient (Wildman–Crippen LogP) is 1.98. The molecule has 1 heterocycles. The number of aromatic nitrogens is 3. The molecule has 0 radical (unpaired) electrons. The van der Waals surface area contributed by atoms with E-state index in [1.54, 1.807) is 0 Å². The monoisotopic (exact) mass is 247 g/mol. The average molecular weight is 247 g/mol. The van der Waals surface area contributed by atoms with Crippen LogP contribution in [0.25, 0.3) is 0 Å². The van der Waals surface area contributed by atoms with Crippen molar-refractivity contribution in [3.63, 3.8) is 0 Å². The maximum absolute atomic E-state index is 11.6. The summed E-state index contributed by atoms with van der Waals surface area (Å²) in [5, 5.41) is 17.9. The van der Waals surface area contributed by atoms with Crippen molar-refractivity contribution in [2.75, 3.05) is 0 Å². The SMILES string of the molecule is Cc1nnc(C2CC=CC2)n1C1(C(=O)O)CCC1. The first-order valence-electron chi connectivity index (χ1n) is 6.46. The summed E-state index contributed by atoms with van der Waals surface area (Å²) in [5.74, 6) is 1.12. The van der Waals surface area contributed by atoms with Crippen LogP contribution < -0.4 is 0 Å². The van der Waals surface area contributed by atoms with Crippen molar-refractivity contribution in [2.24, 2.45) is 0 Å². The number of aryl methyl sites for hydroxylation is 1. The van der Waals surface area contributed by atoms with Crippen molar-refractivity contribution in [3.8, 4) is 0 Å². The standard InChI is InChI=1S/C13H17N3O2/c1-9-14-15-11(10-5-2-3-6-10)16(9)13(12(17)18)7-4-8-13/h2-3,10H,4-8H2,1H3,(H,17,18). The molecule has 1 aromatic rings. The maximum atomic E-state index is 11.6. The Kier molecular flexibility index (Phi) is 2.50. The van der Waals surface area contributed by atoms with Gasteiger partial charge in [0.25, 0.3) is 0 Å². The van der Waals surface area contributed by atoms with Gasteiger partial charge in [-0.3, -0.25) is 4.57 Å². The first-order valence-corrected chi connectivity index (χ1v) is 6.46. The normalized spacial score (nSPS) is 22.1. The molecule has 0 amide bonds. The molecule has 3 rings (SSSR count). The zero-order chi connectivity index (χ0) is 12.8. The van der Waals surface area contributed by atoms with Crippen LogP contribution in [0.3, 0.4) is 0 Å². The Morgan fingerprint density at radius 3 is 2.56 bits per heavy atom. The summed E-state index contributed by atoms with van der Waals surface area (Å²) in [5.41, 5.74) is -0.786. The van der Waals surface area contributed by atoms with Crippen molar-refractivity contribution < 1.29 is 9.90 Å². The molecule has 1 fully saturated rings. The van der Waals surface area contributed by atoms with Gasteiger partial charge in [-0.1, -0.05) is 12.2 Å². The highest BCUT2D eigenvalue weighted by Gasteiger charge is 2.49. The maximum Gasteiger partial charge on any atom is 0.329 e. The van der Waals surface area contributed by atoms with Crippen LogP contribution in [0.5, 0.6) is 0 Å². The molecule has 0 aliphatic heterocycles. The van der Waals surface area contributed by atoms with Gasteiger partial charge < -0.3 is 5.11 Å². The Hall–Kier alpha value is -1.65. The van der Waals surface area contributed by atoms with E-state index in [0.717, 1.165) is 30.9 Å². The lowest BCUT2D eigenvalue weighted by Crippen LogP contribution is -2.49. The fraction of sp³-hybridized carbons (Fsp3) is 0.615. The minimum atomic E-state index is -0.786. The smallest absolute Gasteiger partial charge is 0.329 e. The van der Waals surface area contributed by atoms with Crippen LogP contribution >= 0.6 is 0 Å². The van der Waals surface area contributed by atoms with Crippen LogP contribution in [0.15, 0.2) is 12.2 Å². The summed E-state index contributed by atoms with van der Waals surface area (Å²) in [6.07, 6.45) is 8.48. The predicted molar refractivity (Wildman–Crippen MR) is 65.3 cm³/mol. The molecule has 0 atom stereocenters. The van der Waals surface area contributed by atoms with E-state index < -0.39 is 11.5 Å². The fourth-order valence-electron chi connectivity index (χ4n) is 3.04. The molecule has 18 heavy (non-hydrogen) atoms. The van der Waals surface area contributed by atoms with E-state index in [0.29, 0.717) is 18.8 Å². The third-order valence-corrected chi connectivity index (χ3v) is 4.23. The number of carboxylic acids is 1. The van der Waals surface area contributed by atoms with Gasteiger partial charge in [0.05, 0.1) is 0 Å². The van der Waals surface area contributed by atoms with E-state index in [4.69, 9.17) is 0 Å². The molecule has 0 unspecified atom stereocenters. The van der Waals surface area contributed by atoms with E-state index in [1.165, 1.54) is 0 Å². The van der Waals surface area contributed by atoms with Crippen molar-refractivity contribution in [1.82, 2.24) is 14.8 Å². The molecule has 0 saturated heterocycles. The van der Waals surface area contributed by atoms with Gasteiger partial charge in [-0.25, -0.2) is 4.79 Å². The highest BCUT2D eigenvalue weighted by molar-refractivity contribution is 5.78. The Bertz CT molecular complexity index is 506. The summed E-state index contributed by atoms with van der Waals surface area (Å²) in [4.78, 5) is 11.6. The second kappa shape index (κ2) is 3.93. The minimum absolute atomic E-state index is 0.294. The number of allylic oxidation sites excluding steroid dienone is 2. The van der Waals surface area contributed by atoms with Gasteiger partial charge in [0.15, 0.2) is 0 Å². The summed E-state index contributed by atoms with van der Waals surface area (Å²) in [6.45, 7) is 1.85. The molecule has 2 aliphatic rings. The van der Waals surface area contributed by atoms with Crippen LogP contribution in [-0.2, 0) is 10.3 Å². The lowest BCUT2D eigenvalue weighted by molar-refractivity contribution is -0.152. The first-order chi connectivity index (χ1) is 8.65. The first kappa shape index (κ1) is 11.4. The van der Waals surface area contributed by atoms with Crippen molar-refractivity contribution in [3.05, 3.63) is 23.8 Å². The van der Waals surface area contributed by atoms with Crippen LogP contribution in [0.4, 0.5) is 0 Å². The van der Waals surface area contributed by atoms with E-state index in [1.807, 2.05) is 11.5 Å². The van der Waals surface area contributed by atoms with Crippen molar-refractivity contribution >= 4 is 5.97 Å². The van der Waals surface area contributed by atoms with Crippen LogP contribution in [-0.4, -0.2) is 25.8 Å². The third kappa shape index (κ3) is 1.43. The molecular weight excluding hydrogens is 230 g/mol. The topological polar surface area (TPSA) is 68.0 Å². The van der Waals surface area contributed by atoms with Gasteiger partial charge in [-0.05, 0) is 39.0 Å². The second-order valence-corrected chi connectivity index (χ2v) is 5.27. The van der Waals surface area contributed by atoms with E-state index in [9.17, 15) is 9.90 Å². The Morgan fingerprint density at radius 1 is 1.39 bits per heavy atom. The van der Waals surface area contributed by atoms with Crippen molar-refractivity contribution in [2.45, 2.75) is 50.5 Å². The molecule has 0 bridgehead atoms. The van der Waals surface area contributed by atoms with Gasteiger partial charge in [-0.15, -0.1) is 10.2 Å². The number of rotatable bonds is 3. The molecule has 96 valence electrons. The number of hydrogen-bond donors (Lipinski definition) is 1. The third-order valence-electron chi connectivity index (χ3n) is 4.23. The molecule has 5 heteroatoms. The van der Waals surface area contributed by atoms with E-state index >= 15 is 0 Å². The number of nitrogens with zero attached hydrogens (tertiary/aromatic N) is 3. The summed E-state index contributed by atoms with van der Waals surface area (Å²) >= 11 is 0. The molecule has 1 saturated carbocycles. The van der Waals surface area contributed by atoms with Crippen molar-refractivity contribution in [1.29, 1.82) is 0 Å². The largest absolute Gasteiger partial charge is 0.479 e. The zero-order valence-electron chi connectivity index (χ0n) is 10.5. The van der Waals surface area contributed by atoms with Gasteiger partial charge in [-0.2, -0.15) is 0 Å². The number of aliphatic carboxylic acids is 1. The number of carboxylic acid groups (broad SMARTS) is 1. The van der Waals surface area contributed by atoms with Gasteiger partial charge in [0, 0.05) is 5.92 Å². The molecule has 0 aromatic carbocycles. The lowest BCUT2D eigenvalue weighted by atomic mass is 9.76. The van der Waals surface area contributed by atoms with Crippen LogP contribution in [0, 0.1) is 6.92 Å². The Morgan fingerprint density at radius 2 is 2.06 bits per heavy atom. The van der Waals surface area contributed by atoms with Gasteiger partial charge in [0.2, 0.25) is 0 Å². The quantitative estimate of drug-likeness (QED) is 0.829. The molecule has 0 spiro atoms. The molecule has 5 nitrogen and oxygen atoms in total. The minimum Gasteiger partial charge on any atom is -0.479 e. The van der Waals surface area contributed by atoms with Gasteiger partial charge >= 0.3 is 5.97 Å². The molecule has 1 N–H and O–H groups in total. The Labute approximate surface area is 106 Å². The van der Waals surface area contributed by atoms with E-state index in [-0.39, 0.29) is 0 Å². The molecular formula is C13H17N3O2. The summed E-state index contributed by atoms with van der Waals surface area (Å²) in [6, 6.07) is 0. The average Bonchev–Trinajstić information content (AvgIpc) is 2.87. The Balaban J connectivity index is 2.05.